The molecule has 0 atom stereocenters. The summed E-state index contributed by atoms with van der Waals surface area (Å²) < 4.78 is 3.89. The Bertz CT molecular complexity index is 632. The molecule has 0 aliphatic carbocycles. The average molecular weight is 305 g/mol. The van der Waals surface area contributed by atoms with Gasteiger partial charge in [-0.1, -0.05) is 49.5 Å². The maximum Gasteiger partial charge on any atom is 0.265 e. The Hall–Kier alpha value is -1.79. The van der Waals surface area contributed by atoms with E-state index in [0.29, 0.717) is 17.1 Å². The van der Waals surface area contributed by atoms with Gasteiger partial charge in [-0.05, 0) is 22.7 Å². The lowest BCUT2D eigenvalue weighted by Gasteiger charge is -2.16. The number of benzene rings is 1. The van der Waals surface area contributed by atoms with E-state index in [2.05, 4.69) is 14.9 Å². The number of aromatic nitrogens is 2. The molecule has 0 fully saturated rings. The Labute approximate surface area is 128 Å². The summed E-state index contributed by atoms with van der Waals surface area (Å²) in [5.41, 5.74) is 2.28. The molecule has 0 radical (unpaired) electrons. The first kappa shape index (κ1) is 15.6. The highest BCUT2D eigenvalue weighted by molar-refractivity contribution is 7.08. The number of carbonyl (C=O) groups is 1. The summed E-state index contributed by atoms with van der Waals surface area (Å²) >= 11 is 1.11. The van der Waals surface area contributed by atoms with Gasteiger partial charge in [-0.15, -0.1) is 5.10 Å². The van der Waals surface area contributed by atoms with Crippen LogP contribution in [0, 0.1) is 0 Å². The fourth-order valence-electron chi connectivity index (χ4n) is 1.93. The fourth-order valence-corrected chi connectivity index (χ4v) is 2.72. The molecule has 1 amide bonds. The van der Waals surface area contributed by atoms with E-state index >= 15 is 0 Å². The van der Waals surface area contributed by atoms with Crippen LogP contribution < -0.4 is 5.32 Å². The lowest BCUT2D eigenvalue weighted by atomic mass is 9.91. The quantitative estimate of drug-likeness (QED) is 0.908. The predicted octanol–water partition coefficient (Wildman–Crippen LogP) is 2.26. The predicted molar refractivity (Wildman–Crippen MR) is 82.1 cm³/mol. The highest BCUT2D eigenvalue weighted by Gasteiger charge is 2.26. The topological polar surface area (TPSA) is 75.1 Å². The largest absolute Gasteiger partial charge is 0.392 e. The van der Waals surface area contributed by atoms with Crippen LogP contribution >= 0.6 is 11.5 Å². The van der Waals surface area contributed by atoms with Crippen LogP contribution in [0.5, 0.6) is 0 Å². The minimum atomic E-state index is -0.212. The second-order valence-corrected chi connectivity index (χ2v) is 6.62. The molecule has 5 nitrogen and oxygen atoms in total. The second-order valence-electron chi connectivity index (χ2n) is 5.86. The Kier molecular flexibility index (Phi) is 4.69. The smallest absolute Gasteiger partial charge is 0.265 e. The van der Waals surface area contributed by atoms with E-state index in [0.717, 1.165) is 22.7 Å². The molecule has 0 aliphatic heterocycles. The number of nitrogens with zero attached hydrogens (tertiary/aromatic N) is 2. The molecule has 112 valence electrons. The van der Waals surface area contributed by atoms with Crippen LogP contribution in [0.15, 0.2) is 24.3 Å². The number of hydrogen-bond donors (Lipinski definition) is 2. The number of hydrogen-bond acceptors (Lipinski definition) is 5. The number of rotatable bonds is 4. The zero-order valence-electron chi connectivity index (χ0n) is 12.4. The van der Waals surface area contributed by atoms with Gasteiger partial charge in [0.2, 0.25) is 0 Å². The minimum absolute atomic E-state index is 0.00523. The van der Waals surface area contributed by atoms with Crippen molar-refractivity contribution < 1.29 is 9.90 Å². The van der Waals surface area contributed by atoms with Crippen LogP contribution in [0.3, 0.4) is 0 Å². The van der Waals surface area contributed by atoms with Gasteiger partial charge in [-0.3, -0.25) is 4.79 Å². The van der Waals surface area contributed by atoms with Crippen molar-refractivity contribution >= 4 is 17.4 Å². The Morgan fingerprint density at radius 2 is 2.05 bits per heavy atom. The van der Waals surface area contributed by atoms with E-state index in [-0.39, 0.29) is 17.9 Å². The molecule has 0 aliphatic rings. The number of aliphatic hydroxyl groups is 1. The zero-order valence-corrected chi connectivity index (χ0v) is 13.2. The fraction of sp³-hybridized carbons (Fsp3) is 0.400. The number of nitrogens with one attached hydrogen (secondary N) is 1. The van der Waals surface area contributed by atoms with E-state index in [1.165, 1.54) is 0 Å². The molecule has 2 rings (SSSR count). The van der Waals surface area contributed by atoms with E-state index in [1.54, 1.807) is 0 Å². The number of carbonyl (C=O) groups excluding carboxylic acids is 1. The summed E-state index contributed by atoms with van der Waals surface area (Å²) in [6.45, 7) is 6.42. The number of amides is 1. The lowest BCUT2D eigenvalue weighted by Crippen LogP contribution is -2.25. The highest BCUT2D eigenvalue weighted by Crippen LogP contribution is 2.25. The Balaban J connectivity index is 2.07. The van der Waals surface area contributed by atoms with Crippen molar-refractivity contribution in [3.05, 3.63) is 46.0 Å². The molecule has 2 N–H and O–H groups in total. The van der Waals surface area contributed by atoms with Crippen LogP contribution in [-0.2, 0) is 18.6 Å². The zero-order chi connectivity index (χ0) is 15.5. The number of aliphatic hydroxyl groups excluding tert-OH is 1. The molecule has 1 aromatic carbocycles. The van der Waals surface area contributed by atoms with Crippen molar-refractivity contribution in [2.24, 2.45) is 0 Å². The van der Waals surface area contributed by atoms with Gasteiger partial charge in [0.05, 0.1) is 12.3 Å². The van der Waals surface area contributed by atoms with Gasteiger partial charge in [-0.2, -0.15) is 0 Å². The molecule has 0 saturated carbocycles. The van der Waals surface area contributed by atoms with Crippen molar-refractivity contribution in [1.82, 2.24) is 14.9 Å². The van der Waals surface area contributed by atoms with Crippen molar-refractivity contribution in [1.29, 1.82) is 0 Å². The van der Waals surface area contributed by atoms with Gasteiger partial charge in [-0.25, -0.2) is 0 Å². The van der Waals surface area contributed by atoms with Crippen LogP contribution in [0.1, 0.15) is 47.3 Å². The molecule has 0 spiro atoms. The maximum atomic E-state index is 12.3. The van der Waals surface area contributed by atoms with Gasteiger partial charge in [0.25, 0.3) is 5.91 Å². The monoisotopic (exact) mass is 305 g/mol. The van der Waals surface area contributed by atoms with Crippen molar-refractivity contribution in [2.45, 2.75) is 39.3 Å². The highest BCUT2D eigenvalue weighted by atomic mass is 32.1. The SMILES string of the molecule is CC(C)(C)c1nnsc1C(=O)NCc1cccc(CO)c1. The Morgan fingerprint density at radius 3 is 2.71 bits per heavy atom. The summed E-state index contributed by atoms with van der Waals surface area (Å²) in [5.74, 6) is -0.163. The van der Waals surface area contributed by atoms with Gasteiger partial charge in [0.1, 0.15) is 4.88 Å². The normalized spacial score (nSPS) is 11.4. The summed E-state index contributed by atoms with van der Waals surface area (Å²) in [6, 6.07) is 7.49. The lowest BCUT2D eigenvalue weighted by molar-refractivity contribution is 0.0952. The third kappa shape index (κ3) is 3.86. The van der Waals surface area contributed by atoms with E-state index in [1.807, 2.05) is 45.0 Å². The molecular weight excluding hydrogens is 286 g/mol. The summed E-state index contributed by atoms with van der Waals surface area (Å²) in [6.07, 6.45) is 0. The standard InChI is InChI=1S/C15H19N3O2S/c1-15(2,3)13-12(21-18-17-13)14(20)16-8-10-5-4-6-11(7-10)9-19/h4-7,19H,8-9H2,1-3H3,(H,16,20). The van der Waals surface area contributed by atoms with Gasteiger partial charge in [0, 0.05) is 12.0 Å². The summed E-state index contributed by atoms with van der Waals surface area (Å²) in [7, 11) is 0. The van der Waals surface area contributed by atoms with Crippen molar-refractivity contribution in [2.75, 3.05) is 0 Å². The van der Waals surface area contributed by atoms with E-state index in [4.69, 9.17) is 5.11 Å². The van der Waals surface area contributed by atoms with E-state index in [9.17, 15) is 4.79 Å². The summed E-state index contributed by atoms with van der Waals surface area (Å²) in [4.78, 5) is 12.8. The molecule has 6 heteroatoms. The van der Waals surface area contributed by atoms with Gasteiger partial charge < -0.3 is 10.4 Å². The molecule has 0 unspecified atom stereocenters. The molecule has 21 heavy (non-hydrogen) atoms. The van der Waals surface area contributed by atoms with Gasteiger partial charge in [0.15, 0.2) is 0 Å². The summed E-state index contributed by atoms with van der Waals surface area (Å²) in [5, 5.41) is 16.1. The maximum absolute atomic E-state index is 12.3. The van der Waals surface area contributed by atoms with Crippen LogP contribution in [0.4, 0.5) is 0 Å². The molecule has 0 bridgehead atoms. The van der Waals surface area contributed by atoms with Crippen molar-refractivity contribution in [3.8, 4) is 0 Å². The molecule has 1 aromatic heterocycles. The van der Waals surface area contributed by atoms with Crippen molar-refractivity contribution in [3.63, 3.8) is 0 Å². The molecule has 1 heterocycles. The third-order valence-electron chi connectivity index (χ3n) is 3.03. The van der Waals surface area contributed by atoms with Crippen LogP contribution in [0.25, 0.3) is 0 Å². The first-order chi connectivity index (χ1) is 9.91. The Morgan fingerprint density at radius 1 is 1.33 bits per heavy atom. The van der Waals surface area contributed by atoms with E-state index < -0.39 is 0 Å². The van der Waals surface area contributed by atoms with Crippen LogP contribution in [-0.4, -0.2) is 20.6 Å². The minimum Gasteiger partial charge on any atom is -0.392 e. The molecule has 0 saturated heterocycles. The molecule has 2 aromatic rings. The third-order valence-corrected chi connectivity index (χ3v) is 3.76. The molecular formula is C15H19N3O2S. The first-order valence-electron chi connectivity index (χ1n) is 6.71. The first-order valence-corrected chi connectivity index (χ1v) is 7.49. The average Bonchev–Trinajstić information content (AvgIpc) is 2.94. The second kappa shape index (κ2) is 6.32. The van der Waals surface area contributed by atoms with Gasteiger partial charge >= 0.3 is 0 Å². The van der Waals surface area contributed by atoms with Crippen LogP contribution in [0.2, 0.25) is 0 Å².